The Morgan fingerprint density at radius 3 is 2.73 bits per heavy atom. The summed E-state index contributed by atoms with van der Waals surface area (Å²) in [6.45, 7) is 11.5. The Morgan fingerprint density at radius 1 is 1.24 bits per heavy atom. The maximum Gasteiger partial charge on any atom is 0.283 e. The number of carbonyl (C=O) groups excluding carboxylic acids is 1. The number of aromatic nitrogens is 2. The van der Waals surface area contributed by atoms with E-state index < -0.39 is 0 Å². The van der Waals surface area contributed by atoms with Gasteiger partial charge in [-0.3, -0.25) is 9.59 Å². The lowest BCUT2D eigenvalue weighted by atomic mass is 9.58. The van der Waals surface area contributed by atoms with Gasteiger partial charge >= 0.3 is 0 Å². The number of carbonyl (C=O) groups is 1. The third kappa shape index (κ3) is 4.61. The molecule has 2 N–H and O–H groups in total. The number of fused-ring (bicyclic) bond motifs is 1. The molecule has 2 aromatic rings. The number of benzene rings is 1. The number of rotatable bonds is 5. The van der Waals surface area contributed by atoms with Crippen molar-refractivity contribution in [3.63, 3.8) is 0 Å². The van der Waals surface area contributed by atoms with Crippen LogP contribution in [0, 0.1) is 23.2 Å². The molecule has 178 valence electrons. The average molecular weight is 515 g/mol. The molecule has 0 spiro atoms. The molecule has 0 bridgehead atoms. The highest BCUT2D eigenvalue weighted by molar-refractivity contribution is 9.10. The molecule has 33 heavy (non-hydrogen) atoms. The zero-order chi connectivity index (χ0) is 23.9. The van der Waals surface area contributed by atoms with Crippen LogP contribution in [0.2, 0.25) is 0 Å². The van der Waals surface area contributed by atoms with Crippen molar-refractivity contribution < 1.29 is 4.79 Å². The fraction of sp³-hybridized carbons (Fsp3) is 0.577. The van der Waals surface area contributed by atoms with E-state index in [-0.39, 0.29) is 35.5 Å². The first kappa shape index (κ1) is 24.0. The lowest BCUT2D eigenvalue weighted by Crippen LogP contribution is -2.48. The molecule has 2 aliphatic carbocycles. The van der Waals surface area contributed by atoms with Crippen molar-refractivity contribution in [3.05, 3.63) is 56.4 Å². The Labute approximate surface area is 204 Å². The predicted octanol–water partition coefficient (Wildman–Crippen LogP) is 4.93. The predicted molar refractivity (Wildman–Crippen MR) is 135 cm³/mol. The third-order valence-electron chi connectivity index (χ3n) is 8.56. The van der Waals surface area contributed by atoms with Crippen molar-refractivity contribution in [1.82, 2.24) is 15.1 Å². The molecular weight excluding hydrogens is 480 g/mol. The van der Waals surface area contributed by atoms with Crippen molar-refractivity contribution in [2.24, 2.45) is 23.2 Å². The van der Waals surface area contributed by atoms with Gasteiger partial charge < -0.3 is 10.6 Å². The molecule has 6 nitrogen and oxygen atoms in total. The summed E-state index contributed by atoms with van der Waals surface area (Å²) in [6, 6.07) is 8.44. The first-order valence-corrected chi connectivity index (χ1v) is 12.8. The van der Waals surface area contributed by atoms with Gasteiger partial charge in [-0.15, -0.1) is 0 Å². The van der Waals surface area contributed by atoms with Crippen molar-refractivity contribution in [2.45, 2.75) is 72.5 Å². The highest BCUT2D eigenvalue weighted by Crippen LogP contribution is 2.48. The van der Waals surface area contributed by atoms with Crippen LogP contribution in [-0.2, 0) is 17.8 Å². The van der Waals surface area contributed by atoms with Crippen LogP contribution in [0.4, 0.5) is 5.69 Å². The van der Waals surface area contributed by atoms with E-state index in [4.69, 9.17) is 0 Å². The van der Waals surface area contributed by atoms with Crippen LogP contribution in [0.25, 0.3) is 0 Å². The minimum Gasteiger partial charge on any atom is -0.380 e. The quantitative estimate of drug-likeness (QED) is 0.593. The van der Waals surface area contributed by atoms with Gasteiger partial charge in [0.1, 0.15) is 11.0 Å². The second-order valence-electron chi connectivity index (χ2n) is 10.5. The second-order valence-corrected chi connectivity index (χ2v) is 11.3. The lowest BCUT2D eigenvalue weighted by molar-refractivity contribution is -0.122. The van der Waals surface area contributed by atoms with Crippen LogP contribution >= 0.6 is 15.9 Å². The highest BCUT2D eigenvalue weighted by atomic mass is 79.9. The van der Waals surface area contributed by atoms with Gasteiger partial charge in [-0.05, 0) is 69.5 Å². The minimum absolute atomic E-state index is 0.00481. The molecule has 4 rings (SSSR count). The first-order chi connectivity index (χ1) is 15.6. The number of amides is 1. The fourth-order valence-corrected chi connectivity index (χ4v) is 5.95. The molecule has 1 amide bonds. The maximum absolute atomic E-state index is 12.9. The van der Waals surface area contributed by atoms with Crippen LogP contribution in [0.1, 0.15) is 64.6 Å². The smallest absolute Gasteiger partial charge is 0.283 e. The number of hydrogen-bond acceptors (Lipinski definition) is 4. The number of hydrogen-bond donors (Lipinski definition) is 2. The van der Waals surface area contributed by atoms with E-state index in [1.165, 1.54) is 15.8 Å². The topological polar surface area (TPSA) is 76.0 Å². The molecule has 7 heteroatoms. The van der Waals surface area contributed by atoms with Crippen molar-refractivity contribution in [1.29, 1.82) is 0 Å². The Balaban J connectivity index is 1.43. The van der Waals surface area contributed by atoms with Gasteiger partial charge in [-0.2, -0.15) is 5.10 Å². The normalized spacial score (nSPS) is 28.2. The number of halogens is 1. The SMILES string of the molecule is C[C@@H]1[C@@H](C)C(C)(C)[C@@H](C)C[C@H]1Nc1cnn(CC(=O)NC2CCc3ccccc32)c(=O)c1Br. The molecule has 1 fully saturated rings. The summed E-state index contributed by atoms with van der Waals surface area (Å²) >= 11 is 3.46. The second kappa shape index (κ2) is 9.24. The van der Waals surface area contributed by atoms with Crippen LogP contribution in [0.3, 0.4) is 0 Å². The van der Waals surface area contributed by atoms with E-state index in [0.717, 1.165) is 19.3 Å². The summed E-state index contributed by atoms with van der Waals surface area (Å²) in [4.78, 5) is 25.6. The summed E-state index contributed by atoms with van der Waals surface area (Å²) in [6.07, 6.45) is 4.54. The summed E-state index contributed by atoms with van der Waals surface area (Å²) in [5.41, 5.74) is 3.12. The average Bonchev–Trinajstić information content (AvgIpc) is 3.18. The molecule has 0 aliphatic heterocycles. The van der Waals surface area contributed by atoms with E-state index in [1.54, 1.807) is 6.20 Å². The van der Waals surface area contributed by atoms with Gasteiger partial charge in [0.15, 0.2) is 0 Å². The van der Waals surface area contributed by atoms with Gasteiger partial charge in [0.2, 0.25) is 5.91 Å². The minimum atomic E-state index is -0.299. The molecular formula is C26H35BrN4O2. The van der Waals surface area contributed by atoms with Crippen LogP contribution < -0.4 is 16.2 Å². The van der Waals surface area contributed by atoms with Crippen LogP contribution in [-0.4, -0.2) is 21.7 Å². The molecule has 5 atom stereocenters. The van der Waals surface area contributed by atoms with Gasteiger partial charge in [-0.1, -0.05) is 58.9 Å². The summed E-state index contributed by atoms with van der Waals surface area (Å²) in [5, 5.41) is 10.9. The van der Waals surface area contributed by atoms with E-state index in [1.807, 2.05) is 12.1 Å². The molecule has 1 saturated carbocycles. The van der Waals surface area contributed by atoms with Crippen LogP contribution in [0.15, 0.2) is 39.7 Å². The number of aryl methyl sites for hydroxylation is 1. The zero-order valence-corrected chi connectivity index (χ0v) is 21.8. The number of nitrogens with zero attached hydrogens (tertiary/aromatic N) is 2. The molecule has 1 aromatic carbocycles. The van der Waals surface area contributed by atoms with E-state index >= 15 is 0 Å². The number of nitrogens with one attached hydrogen (secondary N) is 2. The monoisotopic (exact) mass is 514 g/mol. The van der Waals surface area contributed by atoms with Crippen LogP contribution in [0.5, 0.6) is 0 Å². The summed E-state index contributed by atoms with van der Waals surface area (Å²) in [7, 11) is 0. The van der Waals surface area contributed by atoms with Crippen molar-refractivity contribution in [2.75, 3.05) is 5.32 Å². The van der Waals surface area contributed by atoms with Crippen molar-refractivity contribution >= 4 is 27.5 Å². The van der Waals surface area contributed by atoms with Gasteiger partial charge in [0, 0.05) is 6.04 Å². The first-order valence-electron chi connectivity index (χ1n) is 12.0. The van der Waals surface area contributed by atoms with E-state index in [9.17, 15) is 9.59 Å². The van der Waals surface area contributed by atoms with Gasteiger partial charge in [-0.25, -0.2) is 4.68 Å². The Bertz CT molecular complexity index is 1100. The number of anilines is 1. The maximum atomic E-state index is 12.9. The molecule has 1 unspecified atom stereocenters. The third-order valence-corrected chi connectivity index (χ3v) is 9.33. The fourth-order valence-electron chi connectivity index (χ4n) is 5.53. The van der Waals surface area contributed by atoms with Gasteiger partial charge in [0.05, 0.1) is 17.9 Å². The Kier molecular flexibility index (Phi) is 6.72. The highest BCUT2D eigenvalue weighted by Gasteiger charge is 2.43. The summed E-state index contributed by atoms with van der Waals surface area (Å²) < 4.78 is 1.65. The Hall–Kier alpha value is -2.15. The molecule has 1 heterocycles. The van der Waals surface area contributed by atoms with E-state index in [2.05, 4.69) is 78.4 Å². The zero-order valence-electron chi connectivity index (χ0n) is 20.2. The summed E-state index contributed by atoms with van der Waals surface area (Å²) in [5.74, 6) is 1.38. The largest absolute Gasteiger partial charge is 0.380 e. The van der Waals surface area contributed by atoms with E-state index in [0.29, 0.717) is 27.9 Å². The molecule has 0 radical (unpaired) electrons. The van der Waals surface area contributed by atoms with Gasteiger partial charge in [0.25, 0.3) is 5.56 Å². The molecule has 1 aromatic heterocycles. The lowest BCUT2D eigenvalue weighted by Gasteiger charge is -2.50. The molecule has 0 saturated heterocycles. The Morgan fingerprint density at radius 2 is 1.97 bits per heavy atom. The molecule has 2 aliphatic rings. The standard InChI is InChI=1S/C26H35BrN4O2/c1-15-12-21(16(2)17(3)26(15,4)5)29-22-13-28-31(25(33)24(22)27)14-23(32)30-20-11-10-18-8-6-7-9-19(18)20/h6-9,13,15-17,20-21,29H,10-12,14H2,1-5H3,(H,30,32)/t15-,16+,17+,20?,21+/m0/s1. The van der Waals surface area contributed by atoms with Crippen molar-refractivity contribution in [3.8, 4) is 0 Å².